The van der Waals surface area contributed by atoms with Gasteiger partial charge in [0, 0.05) is 22.4 Å². The van der Waals surface area contributed by atoms with E-state index in [-0.39, 0.29) is 0 Å². The number of nitriles is 1. The van der Waals surface area contributed by atoms with Crippen LogP contribution in [0.5, 0.6) is 11.5 Å². The SMILES string of the molecule is COc1ccc2c(ccc3c(Cl)c(C#N)cnc32)c1OCCCl. The highest BCUT2D eigenvalue weighted by Crippen LogP contribution is 2.39. The van der Waals surface area contributed by atoms with E-state index >= 15 is 0 Å². The number of fused-ring (bicyclic) bond motifs is 3. The molecule has 0 atom stereocenters. The topological polar surface area (TPSA) is 55.1 Å². The highest BCUT2D eigenvalue weighted by molar-refractivity contribution is 6.37. The lowest BCUT2D eigenvalue weighted by atomic mass is 10.0. The number of nitrogens with zero attached hydrogens (tertiary/aromatic N) is 2. The van der Waals surface area contributed by atoms with Crippen LogP contribution >= 0.6 is 23.2 Å². The lowest BCUT2D eigenvalue weighted by molar-refractivity contribution is 0.316. The molecule has 0 saturated heterocycles. The van der Waals surface area contributed by atoms with E-state index in [4.69, 9.17) is 37.9 Å². The number of aromatic nitrogens is 1. The number of ether oxygens (including phenoxy) is 2. The summed E-state index contributed by atoms with van der Waals surface area (Å²) < 4.78 is 11.1. The molecule has 0 radical (unpaired) electrons. The summed E-state index contributed by atoms with van der Waals surface area (Å²) in [5.41, 5.74) is 1.07. The summed E-state index contributed by atoms with van der Waals surface area (Å²) in [6, 6.07) is 9.48. The van der Waals surface area contributed by atoms with Crippen molar-refractivity contribution in [3.63, 3.8) is 0 Å². The van der Waals surface area contributed by atoms with Crippen molar-refractivity contribution in [2.45, 2.75) is 0 Å². The van der Waals surface area contributed by atoms with Crippen LogP contribution in [0, 0.1) is 11.3 Å². The maximum Gasteiger partial charge on any atom is 0.169 e. The molecule has 0 N–H and O–H groups in total. The molecule has 0 unspecified atom stereocenters. The average Bonchev–Trinajstić information content (AvgIpc) is 2.59. The normalized spacial score (nSPS) is 10.7. The Balaban J connectivity index is 2.34. The van der Waals surface area contributed by atoms with Gasteiger partial charge in [-0.2, -0.15) is 5.26 Å². The highest BCUT2D eigenvalue weighted by atomic mass is 35.5. The van der Waals surface area contributed by atoms with Gasteiger partial charge in [-0.05, 0) is 18.2 Å². The number of pyridine rings is 1. The van der Waals surface area contributed by atoms with E-state index in [1.807, 2.05) is 30.3 Å². The zero-order valence-electron chi connectivity index (χ0n) is 12.3. The Bertz CT molecular complexity index is 935. The van der Waals surface area contributed by atoms with Gasteiger partial charge in [-0.15, -0.1) is 11.6 Å². The third-order valence-corrected chi connectivity index (χ3v) is 4.11. The van der Waals surface area contributed by atoms with Crippen molar-refractivity contribution < 1.29 is 9.47 Å². The van der Waals surface area contributed by atoms with Crippen LogP contribution < -0.4 is 9.47 Å². The first-order valence-corrected chi connectivity index (χ1v) is 7.79. The van der Waals surface area contributed by atoms with Crippen LogP contribution in [0.4, 0.5) is 0 Å². The van der Waals surface area contributed by atoms with Crippen LogP contribution in [-0.2, 0) is 0 Å². The van der Waals surface area contributed by atoms with E-state index in [1.165, 1.54) is 6.20 Å². The molecule has 0 fully saturated rings. The summed E-state index contributed by atoms with van der Waals surface area (Å²) in [7, 11) is 1.59. The minimum atomic E-state index is 0.352. The van der Waals surface area contributed by atoms with Gasteiger partial charge >= 0.3 is 0 Å². The first kappa shape index (κ1) is 15.7. The van der Waals surface area contributed by atoms with Gasteiger partial charge in [-0.3, -0.25) is 4.98 Å². The second-order valence-electron chi connectivity index (χ2n) is 4.79. The predicted molar refractivity (Wildman–Crippen MR) is 91.7 cm³/mol. The molecule has 1 heterocycles. The summed E-state index contributed by atoms with van der Waals surface area (Å²) >= 11 is 12.0. The Hall–Kier alpha value is -2.22. The zero-order valence-corrected chi connectivity index (χ0v) is 13.8. The second-order valence-corrected chi connectivity index (χ2v) is 5.54. The van der Waals surface area contributed by atoms with Gasteiger partial charge in [0.05, 0.1) is 29.1 Å². The summed E-state index contributed by atoms with van der Waals surface area (Å²) in [6.07, 6.45) is 1.48. The van der Waals surface area contributed by atoms with Gasteiger partial charge in [0.15, 0.2) is 11.5 Å². The smallest absolute Gasteiger partial charge is 0.169 e. The molecule has 0 saturated carbocycles. The third kappa shape index (κ3) is 2.63. The monoisotopic (exact) mass is 346 g/mol. The van der Waals surface area contributed by atoms with Gasteiger partial charge in [-0.1, -0.05) is 17.7 Å². The van der Waals surface area contributed by atoms with Crippen molar-refractivity contribution in [1.29, 1.82) is 5.26 Å². The Morgan fingerprint density at radius 2 is 1.91 bits per heavy atom. The molecule has 3 rings (SSSR count). The largest absolute Gasteiger partial charge is 0.493 e. The Labute approximate surface area is 143 Å². The van der Waals surface area contributed by atoms with Crippen LogP contribution in [0.15, 0.2) is 30.5 Å². The standard InChI is InChI=1S/C17H12Cl2N2O2/c1-22-14-5-4-11-12(17(14)23-7-6-18)2-3-13-15(19)10(8-20)9-21-16(11)13/h2-5,9H,6-7H2,1H3. The maximum absolute atomic E-state index is 9.08. The van der Waals surface area contributed by atoms with E-state index < -0.39 is 0 Å². The van der Waals surface area contributed by atoms with Gasteiger partial charge in [0.2, 0.25) is 0 Å². The number of hydrogen-bond donors (Lipinski definition) is 0. The van der Waals surface area contributed by atoms with E-state index in [9.17, 15) is 0 Å². The minimum Gasteiger partial charge on any atom is -0.493 e. The first-order chi connectivity index (χ1) is 11.2. The Morgan fingerprint density at radius 3 is 2.61 bits per heavy atom. The Morgan fingerprint density at radius 1 is 1.17 bits per heavy atom. The quantitative estimate of drug-likeness (QED) is 0.514. The summed E-state index contributed by atoms with van der Waals surface area (Å²) in [5.74, 6) is 1.62. The molecule has 0 aliphatic rings. The molecule has 4 nitrogen and oxygen atoms in total. The molecule has 0 aliphatic heterocycles. The van der Waals surface area contributed by atoms with Crippen molar-refractivity contribution in [3.05, 3.63) is 41.0 Å². The number of halogens is 2. The molecule has 1 aromatic heterocycles. The fourth-order valence-electron chi connectivity index (χ4n) is 2.52. The maximum atomic E-state index is 9.08. The van der Waals surface area contributed by atoms with Gasteiger partial charge in [-0.25, -0.2) is 0 Å². The molecular formula is C17H12Cl2N2O2. The second kappa shape index (κ2) is 6.49. The molecule has 2 aromatic carbocycles. The molecule has 23 heavy (non-hydrogen) atoms. The number of alkyl halides is 1. The van der Waals surface area contributed by atoms with Crippen LogP contribution in [0.2, 0.25) is 5.02 Å². The van der Waals surface area contributed by atoms with Crippen LogP contribution in [0.3, 0.4) is 0 Å². The molecule has 0 spiro atoms. The lowest BCUT2D eigenvalue weighted by Gasteiger charge is -2.14. The van der Waals surface area contributed by atoms with Crippen molar-refractivity contribution >= 4 is 44.9 Å². The predicted octanol–water partition coefficient (Wildman–Crippen LogP) is 4.54. The van der Waals surface area contributed by atoms with Crippen LogP contribution in [0.25, 0.3) is 21.7 Å². The van der Waals surface area contributed by atoms with E-state index in [0.717, 1.165) is 16.2 Å². The molecule has 0 amide bonds. The summed E-state index contributed by atoms with van der Waals surface area (Å²) in [5, 5.41) is 11.9. The Kier molecular flexibility index (Phi) is 4.42. The van der Waals surface area contributed by atoms with Gasteiger partial charge < -0.3 is 9.47 Å². The van der Waals surface area contributed by atoms with Crippen LogP contribution in [0.1, 0.15) is 5.56 Å². The molecule has 3 aromatic rings. The number of methoxy groups -OCH3 is 1. The minimum absolute atomic E-state index is 0.352. The zero-order chi connectivity index (χ0) is 16.4. The van der Waals surface area contributed by atoms with Crippen molar-refractivity contribution in [1.82, 2.24) is 4.98 Å². The molecule has 0 aliphatic carbocycles. The summed E-state index contributed by atoms with van der Waals surface area (Å²) in [4.78, 5) is 4.39. The first-order valence-electron chi connectivity index (χ1n) is 6.88. The lowest BCUT2D eigenvalue weighted by Crippen LogP contribution is -2.01. The van der Waals surface area contributed by atoms with E-state index in [2.05, 4.69) is 4.98 Å². The third-order valence-electron chi connectivity index (χ3n) is 3.55. The molecule has 116 valence electrons. The van der Waals surface area contributed by atoms with Crippen LogP contribution in [-0.4, -0.2) is 24.6 Å². The number of benzene rings is 2. The average molecular weight is 347 g/mol. The molecular weight excluding hydrogens is 335 g/mol. The van der Waals surface area contributed by atoms with Crippen molar-refractivity contribution in [3.8, 4) is 17.6 Å². The fraction of sp³-hybridized carbons (Fsp3) is 0.176. The van der Waals surface area contributed by atoms with Gasteiger partial charge in [0.25, 0.3) is 0 Å². The van der Waals surface area contributed by atoms with Crippen molar-refractivity contribution in [2.75, 3.05) is 19.6 Å². The molecule has 6 heteroatoms. The van der Waals surface area contributed by atoms with E-state index in [1.54, 1.807) is 7.11 Å². The highest BCUT2D eigenvalue weighted by Gasteiger charge is 2.15. The number of rotatable bonds is 4. The fourth-order valence-corrected chi connectivity index (χ4v) is 2.84. The number of hydrogen-bond acceptors (Lipinski definition) is 4. The van der Waals surface area contributed by atoms with Gasteiger partial charge in [0.1, 0.15) is 12.7 Å². The summed E-state index contributed by atoms with van der Waals surface area (Å²) in [6.45, 7) is 0.372. The van der Waals surface area contributed by atoms with E-state index in [0.29, 0.717) is 40.1 Å². The molecule has 0 bridgehead atoms. The van der Waals surface area contributed by atoms with Crippen molar-refractivity contribution in [2.24, 2.45) is 0 Å².